The summed E-state index contributed by atoms with van der Waals surface area (Å²) in [5.74, 6) is -0.315. The molecule has 14 heteroatoms. The van der Waals surface area contributed by atoms with Crippen molar-refractivity contribution in [3.05, 3.63) is 58.9 Å². The molecule has 2 aliphatic rings. The number of esters is 1. The number of alkyl halides is 1. The monoisotopic (exact) mass is 560 g/mol. The smallest absolute Gasteiger partial charge is 0.459 e. The maximum atomic E-state index is 15.3. The average Bonchev–Trinajstić information content (AvgIpc) is 3.00. The minimum atomic E-state index is -4.16. The van der Waals surface area contributed by atoms with Crippen LogP contribution in [0, 0.1) is 5.92 Å². The molecule has 5 N–H and O–H groups in total. The van der Waals surface area contributed by atoms with Gasteiger partial charge >= 0.3 is 19.4 Å². The van der Waals surface area contributed by atoms with Gasteiger partial charge in [-0.05, 0) is 38.0 Å². The van der Waals surface area contributed by atoms with E-state index in [1.54, 1.807) is 18.2 Å². The summed E-state index contributed by atoms with van der Waals surface area (Å²) < 4.78 is 51.5. The van der Waals surface area contributed by atoms with Crippen molar-refractivity contribution in [1.29, 1.82) is 0 Å². The van der Waals surface area contributed by atoms with Gasteiger partial charge in [-0.3, -0.25) is 13.9 Å². The first-order valence-corrected chi connectivity index (χ1v) is 13.5. The molecule has 0 amide bonds. The minimum absolute atomic E-state index is 0. The van der Waals surface area contributed by atoms with Crippen LogP contribution in [0.25, 0.3) is 0 Å². The Balaban J connectivity index is 0.00000235. The van der Waals surface area contributed by atoms with Crippen molar-refractivity contribution < 1.29 is 37.7 Å². The Labute approximate surface area is 221 Å². The molecule has 214 valence electrons. The molecule has 5 unspecified atom stereocenters. The van der Waals surface area contributed by atoms with Crippen LogP contribution in [0.2, 0.25) is 0 Å². The predicted octanol–water partition coefficient (Wildman–Crippen LogP) is 2.98. The van der Waals surface area contributed by atoms with Crippen molar-refractivity contribution in [2.75, 3.05) is 19.5 Å². The van der Waals surface area contributed by atoms with E-state index in [4.69, 9.17) is 19.5 Å². The van der Waals surface area contributed by atoms with Crippen LogP contribution in [0.1, 0.15) is 47.3 Å². The van der Waals surface area contributed by atoms with Gasteiger partial charge in [0.1, 0.15) is 17.6 Å². The Morgan fingerprint density at radius 1 is 1.42 bits per heavy atom. The van der Waals surface area contributed by atoms with Crippen molar-refractivity contribution in [2.24, 2.45) is 5.92 Å². The summed E-state index contributed by atoms with van der Waals surface area (Å²) in [7, 11) is -2.96. The second kappa shape index (κ2) is 14.4. The number of nitrogens with one attached hydrogen (secondary N) is 1. The second-order valence-corrected chi connectivity index (χ2v) is 10.3. The fourth-order valence-corrected chi connectivity index (χ4v) is 5.13. The van der Waals surface area contributed by atoms with E-state index in [2.05, 4.69) is 14.8 Å². The molecule has 0 saturated carbocycles. The molecular formula is C24H38FN4O8P. The Kier molecular flexibility index (Phi) is 12.5. The minimum Gasteiger partial charge on any atom is -0.468 e. The van der Waals surface area contributed by atoms with E-state index in [9.17, 15) is 14.2 Å². The number of allylic oxidation sites excluding steroid dienone is 5. The fraction of sp³-hybridized carbons (Fsp3) is 0.542. The Bertz CT molecular complexity index is 1140. The highest BCUT2D eigenvalue weighted by atomic mass is 31.2. The molecule has 1 saturated heterocycles. The van der Waals surface area contributed by atoms with Crippen LogP contribution in [0.5, 0.6) is 0 Å². The summed E-state index contributed by atoms with van der Waals surface area (Å²) in [6.45, 7) is 8.32. The van der Waals surface area contributed by atoms with Gasteiger partial charge in [0, 0.05) is 12.6 Å². The zero-order valence-electron chi connectivity index (χ0n) is 22.4. The first-order chi connectivity index (χ1) is 17.4. The van der Waals surface area contributed by atoms with Gasteiger partial charge in [-0.25, -0.2) is 13.8 Å². The summed E-state index contributed by atoms with van der Waals surface area (Å²) >= 11 is 0. The number of hydrogen-bond donors (Lipinski definition) is 2. The number of aromatic nitrogens is 2. The number of carbonyl (C=O) groups is 1. The maximum absolute atomic E-state index is 15.3. The third-order valence-electron chi connectivity index (χ3n) is 5.37. The van der Waals surface area contributed by atoms with Crippen molar-refractivity contribution in [1.82, 2.24) is 14.6 Å². The number of methoxy groups -OCH3 is 1. The lowest BCUT2D eigenvalue weighted by Gasteiger charge is -2.24. The van der Waals surface area contributed by atoms with E-state index < -0.39 is 43.4 Å². The number of rotatable bonds is 9. The Hall–Kier alpha value is -2.83. The largest absolute Gasteiger partial charge is 0.468 e. The van der Waals surface area contributed by atoms with Crippen LogP contribution in [-0.2, 0) is 27.9 Å². The first-order valence-electron chi connectivity index (χ1n) is 12.0. The van der Waals surface area contributed by atoms with Crippen LogP contribution < -0.4 is 16.5 Å². The highest BCUT2D eigenvalue weighted by Crippen LogP contribution is 2.49. The molecule has 0 radical (unpaired) electrons. The second-order valence-electron chi connectivity index (χ2n) is 8.57. The highest BCUT2D eigenvalue weighted by Gasteiger charge is 2.48. The van der Waals surface area contributed by atoms with Gasteiger partial charge in [0.05, 0.1) is 19.8 Å². The number of anilines is 1. The molecule has 1 aromatic heterocycles. The van der Waals surface area contributed by atoms with Gasteiger partial charge < -0.3 is 25.2 Å². The van der Waals surface area contributed by atoms with Gasteiger partial charge in [0.2, 0.25) is 0 Å². The molecule has 1 aromatic rings. The van der Waals surface area contributed by atoms with Gasteiger partial charge in [-0.1, -0.05) is 39.0 Å². The predicted molar refractivity (Wildman–Crippen MR) is 141 cm³/mol. The summed E-state index contributed by atoms with van der Waals surface area (Å²) in [6, 6.07) is 0.326. The van der Waals surface area contributed by atoms with Crippen LogP contribution >= 0.6 is 7.75 Å². The molecule has 12 nitrogen and oxygen atoms in total. The van der Waals surface area contributed by atoms with Crippen molar-refractivity contribution in [2.45, 2.75) is 65.1 Å². The molecule has 3 rings (SSSR count). The maximum Gasteiger partial charge on any atom is 0.459 e. The lowest BCUT2D eigenvalue weighted by molar-refractivity contribution is -0.142. The van der Waals surface area contributed by atoms with E-state index >= 15 is 4.39 Å². The molecule has 1 aliphatic heterocycles. The molecular weight excluding hydrogens is 522 g/mol. The van der Waals surface area contributed by atoms with Crippen LogP contribution in [0.3, 0.4) is 0 Å². The normalized spacial score (nSPS) is 26.5. The number of carbonyl (C=O) groups excluding carboxylic acids is 1. The summed E-state index contributed by atoms with van der Waals surface area (Å²) in [4.78, 5) is 27.7. The zero-order valence-corrected chi connectivity index (χ0v) is 23.3. The van der Waals surface area contributed by atoms with Crippen molar-refractivity contribution in [3.8, 4) is 0 Å². The number of nitrogen functional groups attached to an aromatic ring is 1. The molecule has 1 aliphatic carbocycles. The molecule has 6 atom stereocenters. The van der Waals surface area contributed by atoms with E-state index in [-0.39, 0.29) is 36.0 Å². The quantitative estimate of drug-likeness (QED) is 0.337. The Morgan fingerprint density at radius 2 is 2.11 bits per heavy atom. The van der Waals surface area contributed by atoms with Crippen molar-refractivity contribution in [3.63, 3.8) is 0 Å². The Morgan fingerprint density at radius 3 is 2.74 bits per heavy atom. The van der Waals surface area contributed by atoms with E-state index in [1.807, 2.05) is 32.9 Å². The molecule has 38 heavy (non-hydrogen) atoms. The lowest BCUT2D eigenvalue weighted by Crippen LogP contribution is -2.35. The first kappa shape index (κ1) is 33.2. The van der Waals surface area contributed by atoms with Crippen LogP contribution in [0.15, 0.2) is 53.2 Å². The summed E-state index contributed by atoms with van der Waals surface area (Å²) in [5.41, 5.74) is 2.78. The van der Waals surface area contributed by atoms with Gasteiger partial charge in [0.15, 0.2) is 11.9 Å². The third-order valence-corrected chi connectivity index (χ3v) is 7.01. The number of nitrogens with two attached hydrogens (primary N) is 1. The topological polar surface area (TPSA) is 175 Å². The van der Waals surface area contributed by atoms with Crippen LogP contribution in [-0.4, -0.2) is 52.5 Å². The molecule has 0 bridgehead atoms. The lowest BCUT2D eigenvalue weighted by atomic mass is 10.0. The molecule has 0 spiro atoms. The summed E-state index contributed by atoms with van der Waals surface area (Å²) in [6.07, 6.45) is 7.67. The number of ether oxygens (including phenoxy) is 2. The summed E-state index contributed by atoms with van der Waals surface area (Å²) in [5, 5.41) is 2.54. The molecule has 2 heterocycles. The molecule has 0 aromatic carbocycles. The number of hydrogen-bond acceptors (Lipinski definition) is 9. The highest BCUT2D eigenvalue weighted by molar-refractivity contribution is 7.51. The third kappa shape index (κ3) is 8.88. The number of nitrogens with zero attached hydrogens (tertiary/aromatic N) is 2. The fourth-order valence-electron chi connectivity index (χ4n) is 3.61. The van der Waals surface area contributed by atoms with Gasteiger partial charge in [-0.15, -0.1) is 0 Å². The van der Waals surface area contributed by atoms with E-state index in [0.717, 1.165) is 4.57 Å². The van der Waals surface area contributed by atoms with E-state index in [1.165, 1.54) is 33.2 Å². The standard InChI is InChI=1S/C22H30FN4O7P.C2H6.H2O/c1-14-6-5-7-16(9-8-14)34-35(30,26-15(2)19(28)31-4)32-13-17-12-22(3,23)20(33-17)27-11-10-18(24)25-21(27)29;1-2;/h5-11,14-15,17,20H,12-13H2,1-4H3,(H,26,30)(H2,24,25,29);1-2H3;1H2/t14?,15?,17?,20?,22-,35?;;/m1../s1. The van der Waals surface area contributed by atoms with E-state index in [0.29, 0.717) is 0 Å². The number of halogens is 1. The van der Waals surface area contributed by atoms with Crippen LogP contribution in [0.4, 0.5) is 10.2 Å². The van der Waals surface area contributed by atoms with Gasteiger partial charge in [-0.2, -0.15) is 10.1 Å². The van der Waals surface area contributed by atoms with Crippen molar-refractivity contribution >= 4 is 19.5 Å². The zero-order chi connectivity index (χ0) is 27.8. The SMILES string of the molecule is CC.COC(=O)C(C)NP(=O)(OCC1C[C@@](C)(F)C(n2ccc(N)nc2=O)O1)OC1=CC=CC(C)C=C1.O. The molecule has 1 fully saturated rings. The van der Waals surface area contributed by atoms with Gasteiger partial charge in [0.25, 0.3) is 0 Å². The average molecular weight is 561 g/mol.